The van der Waals surface area contributed by atoms with E-state index in [1.807, 2.05) is 18.2 Å². The van der Waals surface area contributed by atoms with Gasteiger partial charge in [0.2, 0.25) is 0 Å². The number of hydrogen-bond acceptors (Lipinski definition) is 5. The molecule has 0 aromatic heterocycles. The molecule has 0 saturated carbocycles. The minimum absolute atomic E-state index is 0.222. The Hall–Kier alpha value is -2.38. The number of nitrogens with one attached hydrogen (secondary N) is 1. The second kappa shape index (κ2) is 8.54. The average Bonchev–Trinajstić information content (AvgIpc) is 2.68. The monoisotopic (exact) mass is 431 g/mol. The van der Waals surface area contributed by atoms with Gasteiger partial charge in [-0.1, -0.05) is 15.9 Å². The van der Waals surface area contributed by atoms with Crippen LogP contribution in [-0.4, -0.2) is 57.1 Å². The van der Waals surface area contributed by atoms with Gasteiger partial charge < -0.3 is 19.9 Å². The molecule has 6 nitrogen and oxygen atoms in total. The quantitative estimate of drug-likeness (QED) is 0.752. The fourth-order valence-corrected chi connectivity index (χ4v) is 3.26. The highest BCUT2D eigenvalue weighted by Gasteiger charge is 2.20. The standard InChI is InChI=1S/C20H22BrN3O3/c1-23-9-11-24(12-10-23)18-8-5-15(20(26)27-2)13-17(18)22-19(25)14-3-6-16(21)7-4-14/h3-8,13H,9-12H2,1-2H3,(H,22,25). The molecule has 1 amide bonds. The molecule has 142 valence electrons. The topological polar surface area (TPSA) is 61.9 Å². The maximum Gasteiger partial charge on any atom is 0.337 e. The number of carbonyl (C=O) groups excluding carboxylic acids is 2. The van der Waals surface area contributed by atoms with Gasteiger partial charge in [-0.15, -0.1) is 0 Å². The summed E-state index contributed by atoms with van der Waals surface area (Å²) in [6, 6.07) is 12.4. The van der Waals surface area contributed by atoms with Gasteiger partial charge in [0.05, 0.1) is 24.0 Å². The van der Waals surface area contributed by atoms with Gasteiger partial charge in [-0.2, -0.15) is 0 Å². The van der Waals surface area contributed by atoms with Crippen LogP contribution < -0.4 is 10.2 Å². The first-order chi connectivity index (χ1) is 13.0. The Kier molecular flexibility index (Phi) is 6.13. The third kappa shape index (κ3) is 4.67. The lowest BCUT2D eigenvalue weighted by Gasteiger charge is -2.35. The van der Waals surface area contributed by atoms with Crippen LogP contribution in [0.5, 0.6) is 0 Å². The summed E-state index contributed by atoms with van der Waals surface area (Å²) in [5.41, 5.74) is 2.46. The highest BCUT2D eigenvalue weighted by Crippen LogP contribution is 2.29. The SMILES string of the molecule is COC(=O)c1ccc(N2CCN(C)CC2)c(NC(=O)c2ccc(Br)cc2)c1. The van der Waals surface area contributed by atoms with Gasteiger partial charge in [-0.25, -0.2) is 4.79 Å². The van der Waals surface area contributed by atoms with E-state index < -0.39 is 5.97 Å². The number of ether oxygens (including phenoxy) is 1. The van der Waals surface area contributed by atoms with Crippen LogP contribution in [0.1, 0.15) is 20.7 Å². The number of halogens is 1. The van der Waals surface area contributed by atoms with Crippen LogP contribution in [0.25, 0.3) is 0 Å². The van der Waals surface area contributed by atoms with Gasteiger partial charge in [-0.05, 0) is 49.5 Å². The highest BCUT2D eigenvalue weighted by atomic mass is 79.9. The molecule has 0 spiro atoms. The molecule has 2 aromatic rings. The van der Waals surface area contributed by atoms with E-state index in [0.717, 1.165) is 36.3 Å². The van der Waals surface area contributed by atoms with Crippen LogP contribution in [0.3, 0.4) is 0 Å². The van der Waals surface area contributed by atoms with Crippen molar-refractivity contribution < 1.29 is 14.3 Å². The number of anilines is 2. The lowest BCUT2D eigenvalue weighted by molar-refractivity contribution is 0.0600. The summed E-state index contributed by atoms with van der Waals surface area (Å²) in [5, 5.41) is 2.96. The summed E-state index contributed by atoms with van der Waals surface area (Å²) in [6.45, 7) is 3.60. The van der Waals surface area contributed by atoms with Crippen molar-refractivity contribution in [2.75, 3.05) is 50.6 Å². The Morgan fingerprint density at radius 3 is 2.26 bits per heavy atom. The number of carbonyl (C=O) groups is 2. The van der Waals surface area contributed by atoms with Gasteiger partial charge in [0.15, 0.2) is 0 Å². The number of piperazine rings is 1. The molecule has 7 heteroatoms. The summed E-state index contributed by atoms with van der Waals surface area (Å²) < 4.78 is 5.72. The van der Waals surface area contributed by atoms with Crippen molar-refractivity contribution in [3.8, 4) is 0 Å². The van der Waals surface area contributed by atoms with Crippen molar-refractivity contribution in [1.29, 1.82) is 0 Å². The number of nitrogens with zero attached hydrogens (tertiary/aromatic N) is 2. The predicted octanol–water partition coefficient (Wildman–Crippen LogP) is 3.24. The first-order valence-corrected chi connectivity index (χ1v) is 9.50. The largest absolute Gasteiger partial charge is 0.465 e. The van der Waals surface area contributed by atoms with E-state index in [1.54, 1.807) is 24.3 Å². The van der Waals surface area contributed by atoms with Crippen molar-refractivity contribution in [1.82, 2.24) is 4.90 Å². The molecule has 0 unspecified atom stereocenters. The molecule has 3 rings (SSSR count). The van der Waals surface area contributed by atoms with E-state index in [-0.39, 0.29) is 5.91 Å². The number of benzene rings is 2. The van der Waals surface area contributed by atoms with E-state index in [0.29, 0.717) is 16.8 Å². The van der Waals surface area contributed by atoms with Crippen LogP contribution in [0, 0.1) is 0 Å². The molecule has 1 saturated heterocycles. The number of hydrogen-bond donors (Lipinski definition) is 1. The fourth-order valence-electron chi connectivity index (χ4n) is 3.00. The Morgan fingerprint density at radius 1 is 1.00 bits per heavy atom. The van der Waals surface area contributed by atoms with Crippen LogP contribution >= 0.6 is 15.9 Å². The van der Waals surface area contributed by atoms with Crippen molar-refractivity contribution in [3.63, 3.8) is 0 Å². The van der Waals surface area contributed by atoms with Crippen molar-refractivity contribution >= 4 is 39.2 Å². The first-order valence-electron chi connectivity index (χ1n) is 8.70. The molecule has 27 heavy (non-hydrogen) atoms. The molecule has 1 fully saturated rings. The summed E-state index contributed by atoms with van der Waals surface area (Å²) in [5.74, 6) is -0.654. The van der Waals surface area contributed by atoms with Gasteiger partial charge in [0.1, 0.15) is 0 Å². The van der Waals surface area contributed by atoms with Crippen molar-refractivity contribution in [2.24, 2.45) is 0 Å². The molecular weight excluding hydrogens is 410 g/mol. The van der Waals surface area contributed by atoms with Crippen LogP contribution in [0.4, 0.5) is 11.4 Å². The number of methoxy groups -OCH3 is 1. The lowest BCUT2D eigenvalue weighted by atomic mass is 10.1. The van der Waals surface area contributed by atoms with E-state index in [1.165, 1.54) is 7.11 Å². The Balaban J connectivity index is 1.90. The van der Waals surface area contributed by atoms with Crippen LogP contribution in [-0.2, 0) is 4.74 Å². The number of rotatable bonds is 4. The van der Waals surface area contributed by atoms with Gasteiger partial charge in [0.25, 0.3) is 5.91 Å². The van der Waals surface area contributed by atoms with Crippen molar-refractivity contribution in [3.05, 3.63) is 58.1 Å². The Morgan fingerprint density at radius 2 is 1.63 bits per heavy atom. The molecule has 0 radical (unpaired) electrons. The van der Waals surface area contributed by atoms with Gasteiger partial charge in [0, 0.05) is 36.2 Å². The van der Waals surface area contributed by atoms with E-state index in [2.05, 4.69) is 38.1 Å². The number of amides is 1. The number of likely N-dealkylation sites (N-methyl/N-ethyl adjacent to an activating group) is 1. The zero-order chi connectivity index (χ0) is 19.4. The zero-order valence-electron chi connectivity index (χ0n) is 15.4. The maximum atomic E-state index is 12.7. The van der Waals surface area contributed by atoms with E-state index in [4.69, 9.17) is 4.74 Å². The van der Waals surface area contributed by atoms with Crippen LogP contribution in [0.2, 0.25) is 0 Å². The van der Waals surface area contributed by atoms with Crippen LogP contribution in [0.15, 0.2) is 46.9 Å². The van der Waals surface area contributed by atoms with Gasteiger partial charge >= 0.3 is 5.97 Å². The molecular formula is C20H22BrN3O3. The smallest absolute Gasteiger partial charge is 0.337 e. The Labute approximate surface area is 167 Å². The lowest BCUT2D eigenvalue weighted by Crippen LogP contribution is -2.44. The second-order valence-electron chi connectivity index (χ2n) is 6.47. The van der Waals surface area contributed by atoms with E-state index in [9.17, 15) is 9.59 Å². The van der Waals surface area contributed by atoms with Gasteiger partial charge in [-0.3, -0.25) is 4.79 Å². The maximum absolute atomic E-state index is 12.7. The molecule has 1 aliphatic rings. The predicted molar refractivity (Wildman–Crippen MR) is 110 cm³/mol. The number of esters is 1. The van der Waals surface area contributed by atoms with E-state index >= 15 is 0 Å². The highest BCUT2D eigenvalue weighted by molar-refractivity contribution is 9.10. The first kappa shape index (κ1) is 19.4. The Bertz CT molecular complexity index is 831. The third-order valence-corrected chi connectivity index (χ3v) is 5.14. The molecule has 0 bridgehead atoms. The zero-order valence-corrected chi connectivity index (χ0v) is 17.0. The molecule has 0 atom stereocenters. The summed E-state index contributed by atoms with van der Waals surface area (Å²) in [6.07, 6.45) is 0. The molecule has 1 aliphatic heterocycles. The summed E-state index contributed by atoms with van der Waals surface area (Å²) in [7, 11) is 3.44. The third-order valence-electron chi connectivity index (χ3n) is 4.62. The molecule has 0 aliphatic carbocycles. The second-order valence-corrected chi connectivity index (χ2v) is 7.39. The molecule has 1 N–H and O–H groups in total. The molecule has 1 heterocycles. The normalized spacial score (nSPS) is 14.7. The molecule has 2 aromatic carbocycles. The van der Waals surface area contributed by atoms with Crippen molar-refractivity contribution in [2.45, 2.75) is 0 Å². The minimum atomic E-state index is -0.431. The fraction of sp³-hybridized carbons (Fsp3) is 0.300. The summed E-state index contributed by atoms with van der Waals surface area (Å²) in [4.78, 5) is 29.1. The average molecular weight is 432 g/mol. The summed E-state index contributed by atoms with van der Waals surface area (Å²) >= 11 is 3.37. The minimum Gasteiger partial charge on any atom is -0.465 e.